The fraction of sp³-hybridized carbons (Fsp3) is 0.286. The number of nitrogens with two attached hydrogens (primary N) is 2. The number of aliphatic carboxylic acids is 1. The molecule has 18 nitrogen and oxygen atoms in total. The number of primary amides is 1. The van der Waals surface area contributed by atoms with Gasteiger partial charge < -0.3 is 31.5 Å². The summed E-state index contributed by atoms with van der Waals surface area (Å²) in [6, 6.07) is -1.04. The summed E-state index contributed by atoms with van der Waals surface area (Å²) >= 11 is 3.16. The Morgan fingerprint density at radius 1 is 1.36 bits per heavy atom. The van der Waals surface area contributed by atoms with Crippen LogP contribution in [0.2, 0.25) is 0 Å². The molecular weight excluding hydrogens is 618 g/mol. The molecule has 0 aliphatic carbocycles. The Morgan fingerprint density at radius 3 is 2.76 bits per heavy atom. The van der Waals surface area contributed by atoms with E-state index >= 15 is 0 Å². The summed E-state index contributed by atoms with van der Waals surface area (Å²) in [5.74, 6) is -2.63. The number of carboxylic acids is 1. The van der Waals surface area contributed by atoms with Crippen LogP contribution in [0.15, 0.2) is 48.0 Å². The van der Waals surface area contributed by atoms with Crippen LogP contribution in [0, 0.1) is 0 Å². The lowest BCUT2D eigenvalue weighted by molar-refractivity contribution is -0.150. The number of nitrogens with one attached hydrogen (secondary N) is 2. The number of carbonyl (C=O) groups is 4. The molecule has 1 fully saturated rings. The number of oxime groups is 1. The number of nitrogen functional groups attached to an aromatic ring is 1. The molecule has 7 N–H and O–H groups in total. The summed E-state index contributed by atoms with van der Waals surface area (Å²) in [5, 5.41) is 24.4. The molecule has 0 bridgehead atoms. The number of allylic oxidation sites excluding steroid dienone is 1. The molecule has 222 valence electrons. The summed E-state index contributed by atoms with van der Waals surface area (Å²) in [6.45, 7) is -0.507. The smallest absolute Gasteiger partial charge is 0.404 e. The van der Waals surface area contributed by atoms with Crippen LogP contribution in [-0.2, 0) is 30.5 Å². The Hall–Kier alpha value is -4.63. The SMILES string of the molecule is CON=C(C(=O)NC1C(=O)N2C(C(=O)O)=C(C=CSc3n[nH]c(=O)c(=O)n3CCOC(N)=O)CSC12)c1csc(N)n1. The van der Waals surface area contributed by atoms with Gasteiger partial charge in [0.15, 0.2) is 16.0 Å². The van der Waals surface area contributed by atoms with E-state index in [-0.39, 0.29) is 51.9 Å². The number of rotatable bonds is 11. The molecule has 2 atom stereocenters. The molecule has 3 amide bonds. The molecule has 2 aromatic rings. The first kappa shape index (κ1) is 30.3. The van der Waals surface area contributed by atoms with E-state index < -0.39 is 46.4 Å². The van der Waals surface area contributed by atoms with Gasteiger partial charge in [0.05, 0.1) is 6.54 Å². The fourth-order valence-corrected chi connectivity index (χ4v) is 6.41. The summed E-state index contributed by atoms with van der Waals surface area (Å²) in [4.78, 5) is 82.6. The number of ether oxygens (including phenoxy) is 1. The highest BCUT2D eigenvalue weighted by Gasteiger charge is 2.54. The number of aromatic amines is 1. The minimum atomic E-state index is -1.37. The second-order valence-electron chi connectivity index (χ2n) is 8.11. The van der Waals surface area contributed by atoms with Crippen molar-refractivity contribution >= 4 is 69.6 Å². The maximum absolute atomic E-state index is 13.0. The minimum Gasteiger partial charge on any atom is -0.477 e. The van der Waals surface area contributed by atoms with Crippen molar-refractivity contribution < 1.29 is 33.9 Å². The molecule has 0 saturated carbocycles. The molecule has 21 heteroatoms. The zero-order valence-electron chi connectivity index (χ0n) is 21.3. The standard InChI is InChI=1S/C21H21N9O9S3/c1-38-28-10(9-7-42-19(22)24-9)13(31)25-11-15(33)30-12(18(35)36)8(6-41-17(11)30)2-5-40-21-27-26-14(32)16(34)29(21)3-4-39-20(23)37/h2,5,7,11,17H,3-4,6H2,1H3,(H2,22,24)(H2,23,37)(H,25,31)(H,26,32)(H,35,36). The second kappa shape index (κ2) is 12.9. The van der Waals surface area contributed by atoms with Gasteiger partial charge in [-0.25, -0.2) is 19.7 Å². The number of hydrogen-bond donors (Lipinski definition) is 5. The molecule has 4 rings (SSSR count). The van der Waals surface area contributed by atoms with Crippen molar-refractivity contribution in [3.8, 4) is 0 Å². The number of anilines is 1. The average molecular weight is 640 g/mol. The number of amides is 3. The number of β-lactam (4-membered cyclic amide) rings is 1. The highest BCUT2D eigenvalue weighted by molar-refractivity contribution is 8.02. The molecule has 2 aromatic heterocycles. The number of thioether (sulfide) groups is 2. The zero-order chi connectivity index (χ0) is 30.6. The number of hydrogen-bond acceptors (Lipinski definition) is 15. The van der Waals surface area contributed by atoms with Gasteiger partial charge in [-0.1, -0.05) is 16.9 Å². The second-order valence-corrected chi connectivity index (χ2v) is 11.0. The van der Waals surface area contributed by atoms with E-state index in [2.05, 4.69) is 25.3 Å². The molecule has 4 heterocycles. The molecular formula is C21H21N9O9S3. The predicted octanol–water partition coefficient (Wildman–Crippen LogP) is -1.54. The lowest BCUT2D eigenvalue weighted by atomic mass is 10.0. The van der Waals surface area contributed by atoms with Gasteiger partial charge in [0, 0.05) is 11.1 Å². The van der Waals surface area contributed by atoms with Crippen LogP contribution in [0.5, 0.6) is 0 Å². The average Bonchev–Trinajstić information content (AvgIpc) is 3.38. The monoisotopic (exact) mass is 639 g/mol. The largest absolute Gasteiger partial charge is 0.477 e. The Labute approximate surface area is 246 Å². The van der Waals surface area contributed by atoms with Crippen LogP contribution in [0.4, 0.5) is 9.93 Å². The Bertz CT molecular complexity index is 1640. The molecule has 2 unspecified atom stereocenters. The van der Waals surface area contributed by atoms with Gasteiger partial charge in [-0.2, -0.15) is 0 Å². The third kappa shape index (κ3) is 6.31. The lowest BCUT2D eigenvalue weighted by Crippen LogP contribution is -2.71. The molecule has 1 saturated heterocycles. The molecule has 0 aromatic carbocycles. The quantitative estimate of drug-likeness (QED) is 0.0613. The summed E-state index contributed by atoms with van der Waals surface area (Å²) < 4.78 is 5.57. The van der Waals surface area contributed by atoms with Crippen molar-refractivity contribution in [1.82, 2.24) is 30.0 Å². The highest BCUT2D eigenvalue weighted by atomic mass is 32.2. The number of H-pyrrole nitrogens is 1. The number of carbonyl (C=O) groups excluding carboxylic acids is 3. The van der Waals surface area contributed by atoms with E-state index in [4.69, 9.17) is 16.3 Å². The van der Waals surface area contributed by atoms with Crippen molar-refractivity contribution in [2.24, 2.45) is 10.9 Å². The molecule has 2 aliphatic heterocycles. The van der Waals surface area contributed by atoms with Crippen LogP contribution < -0.4 is 27.9 Å². The predicted molar refractivity (Wildman–Crippen MR) is 149 cm³/mol. The van der Waals surface area contributed by atoms with Crippen molar-refractivity contribution in [3.05, 3.63) is 54.5 Å². The van der Waals surface area contributed by atoms with E-state index in [1.54, 1.807) is 0 Å². The number of aromatic nitrogens is 4. The third-order valence-corrected chi connectivity index (χ3v) is 8.35. The minimum absolute atomic E-state index is 0.0148. The van der Waals surface area contributed by atoms with Gasteiger partial charge in [0.25, 0.3) is 11.8 Å². The van der Waals surface area contributed by atoms with E-state index in [0.717, 1.165) is 32.6 Å². The van der Waals surface area contributed by atoms with Crippen LogP contribution in [-0.4, -0.2) is 90.2 Å². The maximum atomic E-state index is 13.0. The first-order valence-electron chi connectivity index (χ1n) is 11.5. The molecule has 0 radical (unpaired) electrons. The highest BCUT2D eigenvalue weighted by Crippen LogP contribution is 2.41. The van der Waals surface area contributed by atoms with E-state index in [0.29, 0.717) is 0 Å². The molecule has 42 heavy (non-hydrogen) atoms. The lowest BCUT2D eigenvalue weighted by Gasteiger charge is -2.49. The normalized spacial score (nSPS) is 18.5. The number of thiazole rings is 1. The van der Waals surface area contributed by atoms with E-state index in [9.17, 15) is 33.9 Å². The Kier molecular flexibility index (Phi) is 9.32. The van der Waals surface area contributed by atoms with Gasteiger partial charge in [0.2, 0.25) is 0 Å². The third-order valence-electron chi connectivity index (χ3n) is 5.57. The van der Waals surface area contributed by atoms with Crippen LogP contribution >= 0.6 is 34.9 Å². The van der Waals surface area contributed by atoms with Crippen molar-refractivity contribution in [2.75, 3.05) is 25.2 Å². The topological polar surface area (TPSA) is 267 Å². The van der Waals surface area contributed by atoms with E-state index in [1.807, 2.05) is 5.10 Å². The first-order chi connectivity index (χ1) is 20.0. The fourth-order valence-electron chi connectivity index (χ4n) is 3.79. The summed E-state index contributed by atoms with van der Waals surface area (Å²) in [7, 11) is 1.23. The summed E-state index contributed by atoms with van der Waals surface area (Å²) in [5.41, 5.74) is 8.52. The van der Waals surface area contributed by atoms with Gasteiger partial charge in [-0.3, -0.25) is 28.6 Å². The van der Waals surface area contributed by atoms with Crippen molar-refractivity contribution in [1.29, 1.82) is 0 Å². The van der Waals surface area contributed by atoms with Gasteiger partial charge in [-0.05, 0) is 17.1 Å². The molecule has 2 aliphatic rings. The first-order valence-corrected chi connectivity index (χ1v) is 14.3. The van der Waals surface area contributed by atoms with Gasteiger partial charge in [0.1, 0.15) is 36.5 Å². The van der Waals surface area contributed by atoms with Crippen LogP contribution in [0.1, 0.15) is 5.69 Å². The Morgan fingerprint density at radius 2 is 2.12 bits per heavy atom. The van der Waals surface area contributed by atoms with Crippen molar-refractivity contribution in [2.45, 2.75) is 23.1 Å². The summed E-state index contributed by atoms with van der Waals surface area (Å²) in [6.07, 6.45) is 0.361. The number of carboxylic acid groups (broad SMARTS) is 1. The Balaban J connectivity index is 1.50. The van der Waals surface area contributed by atoms with Crippen LogP contribution in [0.25, 0.3) is 0 Å². The maximum Gasteiger partial charge on any atom is 0.404 e. The van der Waals surface area contributed by atoms with Crippen molar-refractivity contribution in [3.63, 3.8) is 0 Å². The zero-order valence-corrected chi connectivity index (χ0v) is 23.8. The number of fused-ring (bicyclic) bond motifs is 1. The van der Waals surface area contributed by atoms with Gasteiger partial charge in [-0.15, -0.1) is 28.2 Å². The van der Waals surface area contributed by atoms with Gasteiger partial charge >= 0.3 is 23.2 Å². The number of nitrogens with zero attached hydrogens (tertiary/aromatic N) is 5. The molecule has 0 spiro atoms. The van der Waals surface area contributed by atoms with E-state index in [1.165, 1.54) is 35.7 Å². The van der Waals surface area contributed by atoms with Crippen LogP contribution in [0.3, 0.4) is 0 Å².